The van der Waals surface area contributed by atoms with Crippen molar-refractivity contribution >= 4 is 5.91 Å². The Hall–Kier alpha value is -2.44. The average molecular weight is 400 g/mol. The Morgan fingerprint density at radius 3 is 2.45 bits per heavy atom. The van der Waals surface area contributed by atoms with Crippen molar-refractivity contribution in [2.45, 2.75) is 26.9 Å². The van der Waals surface area contributed by atoms with Crippen LogP contribution in [0.15, 0.2) is 36.4 Å². The lowest BCUT2D eigenvalue weighted by Gasteiger charge is -2.35. The van der Waals surface area contributed by atoms with Gasteiger partial charge < -0.3 is 14.7 Å². The maximum atomic E-state index is 13.7. The molecule has 0 bridgehead atoms. The number of aryl methyl sites for hydroxylation is 3. The molecule has 5 nitrogen and oxygen atoms in total. The summed E-state index contributed by atoms with van der Waals surface area (Å²) in [7, 11) is 0. The Balaban J connectivity index is 1.46. The van der Waals surface area contributed by atoms with Crippen LogP contribution in [-0.2, 0) is 0 Å². The maximum Gasteiger partial charge on any atom is 0.254 e. The number of carbonyl (C=O) groups is 1. The van der Waals surface area contributed by atoms with Crippen LogP contribution in [0.3, 0.4) is 0 Å². The van der Waals surface area contributed by atoms with E-state index in [2.05, 4.69) is 4.90 Å². The van der Waals surface area contributed by atoms with Crippen molar-refractivity contribution in [2.24, 2.45) is 0 Å². The van der Waals surface area contributed by atoms with Gasteiger partial charge in [0.1, 0.15) is 24.3 Å². The zero-order valence-corrected chi connectivity index (χ0v) is 17.3. The van der Waals surface area contributed by atoms with E-state index in [1.807, 2.05) is 32.0 Å². The number of aliphatic hydroxyl groups excluding tert-OH is 1. The molecule has 0 radical (unpaired) electrons. The third-order valence-corrected chi connectivity index (χ3v) is 5.32. The number of amides is 1. The molecule has 0 spiro atoms. The van der Waals surface area contributed by atoms with Gasteiger partial charge in [-0.25, -0.2) is 4.39 Å². The number of ether oxygens (including phenoxy) is 1. The van der Waals surface area contributed by atoms with Crippen LogP contribution in [-0.4, -0.2) is 66.2 Å². The highest BCUT2D eigenvalue weighted by molar-refractivity contribution is 5.94. The van der Waals surface area contributed by atoms with Crippen molar-refractivity contribution in [2.75, 3.05) is 39.3 Å². The molecule has 1 heterocycles. The highest BCUT2D eigenvalue weighted by Gasteiger charge is 2.24. The topological polar surface area (TPSA) is 53.0 Å². The Bertz CT molecular complexity index is 863. The molecular formula is C23H29FN2O3. The predicted octanol–water partition coefficient (Wildman–Crippen LogP) is 2.95. The SMILES string of the molecule is Cc1ccc(C)c(OCC(O)CN2CCN(C(=O)c3ccc(C)c(F)c3)CC2)c1. The molecule has 1 aliphatic heterocycles. The molecule has 0 aromatic heterocycles. The van der Waals surface area contributed by atoms with Crippen molar-refractivity contribution in [3.05, 3.63) is 64.5 Å². The zero-order chi connectivity index (χ0) is 21.0. The molecule has 1 atom stereocenters. The molecule has 6 heteroatoms. The molecular weight excluding hydrogens is 371 g/mol. The number of rotatable bonds is 6. The largest absolute Gasteiger partial charge is 0.491 e. The van der Waals surface area contributed by atoms with Crippen LogP contribution >= 0.6 is 0 Å². The average Bonchev–Trinajstić information content (AvgIpc) is 2.71. The van der Waals surface area contributed by atoms with Crippen LogP contribution in [0.25, 0.3) is 0 Å². The lowest BCUT2D eigenvalue weighted by Crippen LogP contribution is -2.51. The Morgan fingerprint density at radius 2 is 1.76 bits per heavy atom. The second-order valence-electron chi connectivity index (χ2n) is 7.79. The fraction of sp³-hybridized carbons (Fsp3) is 0.435. The fourth-order valence-corrected chi connectivity index (χ4v) is 3.44. The number of benzene rings is 2. The number of hydrogen-bond donors (Lipinski definition) is 1. The van der Waals surface area contributed by atoms with Gasteiger partial charge in [0.15, 0.2) is 0 Å². The van der Waals surface area contributed by atoms with Gasteiger partial charge in [0.25, 0.3) is 5.91 Å². The van der Waals surface area contributed by atoms with Gasteiger partial charge in [-0.3, -0.25) is 9.69 Å². The molecule has 2 aromatic carbocycles. The number of carbonyl (C=O) groups excluding carboxylic acids is 1. The first-order valence-corrected chi connectivity index (χ1v) is 9.99. The molecule has 1 aliphatic rings. The highest BCUT2D eigenvalue weighted by Crippen LogP contribution is 2.19. The molecule has 29 heavy (non-hydrogen) atoms. The number of hydrogen-bond acceptors (Lipinski definition) is 4. The molecule has 1 N–H and O–H groups in total. The van der Waals surface area contributed by atoms with Crippen LogP contribution in [0.5, 0.6) is 5.75 Å². The van der Waals surface area contributed by atoms with Crippen molar-refractivity contribution in [1.82, 2.24) is 9.80 Å². The molecule has 3 rings (SSSR count). The number of nitrogens with zero attached hydrogens (tertiary/aromatic N) is 2. The molecule has 0 aliphatic carbocycles. The van der Waals surface area contributed by atoms with E-state index in [9.17, 15) is 14.3 Å². The van der Waals surface area contributed by atoms with E-state index in [0.717, 1.165) is 16.9 Å². The minimum Gasteiger partial charge on any atom is -0.491 e. The minimum atomic E-state index is -0.608. The Kier molecular flexibility index (Phi) is 6.87. The molecule has 0 saturated carbocycles. The smallest absolute Gasteiger partial charge is 0.254 e. The standard InChI is InChI=1S/C23H29FN2O3/c1-16-4-5-18(3)22(12-16)29-15-20(27)14-25-8-10-26(11-9-25)23(28)19-7-6-17(2)21(24)13-19/h4-7,12-13,20,27H,8-11,14-15H2,1-3H3. The van der Waals surface area contributed by atoms with Crippen LogP contribution in [0.4, 0.5) is 4.39 Å². The van der Waals surface area contributed by atoms with Gasteiger partial charge in [0, 0.05) is 38.3 Å². The summed E-state index contributed by atoms with van der Waals surface area (Å²) in [5.74, 6) is 0.286. The molecule has 1 fully saturated rings. The van der Waals surface area contributed by atoms with E-state index in [-0.39, 0.29) is 18.3 Å². The number of aliphatic hydroxyl groups is 1. The third kappa shape index (κ3) is 5.55. The van der Waals surface area contributed by atoms with Gasteiger partial charge in [-0.2, -0.15) is 0 Å². The molecule has 1 saturated heterocycles. The summed E-state index contributed by atoms with van der Waals surface area (Å²) in [5, 5.41) is 10.3. The van der Waals surface area contributed by atoms with E-state index in [0.29, 0.717) is 43.9 Å². The van der Waals surface area contributed by atoms with E-state index >= 15 is 0 Å². The van der Waals surface area contributed by atoms with Crippen LogP contribution < -0.4 is 4.74 Å². The number of halogens is 1. The highest BCUT2D eigenvalue weighted by atomic mass is 19.1. The fourth-order valence-electron chi connectivity index (χ4n) is 3.44. The first-order chi connectivity index (χ1) is 13.8. The second kappa shape index (κ2) is 9.37. The van der Waals surface area contributed by atoms with Gasteiger partial charge in [0.2, 0.25) is 0 Å². The monoisotopic (exact) mass is 400 g/mol. The first kappa shape index (κ1) is 21.3. The van der Waals surface area contributed by atoms with Gasteiger partial charge in [-0.1, -0.05) is 18.2 Å². The maximum absolute atomic E-state index is 13.7. The van der Waals surface area contributed by atoms with Crippen molar-refractivity contribution in [3.8, 4) is 5.75 Å². The zero-order valence-electron chi connectivity index (χ0n) is 17.3. The summed E-state index contributed by atoms with van der Waals surface area (Å²) in [4.78, 5) is 16.4. The van der Waals surface area contributed by atoms with E-state index in [1.54, 1.807) is 24.0 Å². The first-order valence-electron chi connectivity index (χ1n) is 9.99. The lowest BCUT2D eigenvalue weighted by atomic mass is 10.1. The molecule has 1 amide bonds. The summed E-state index contributed by atoms with van der Waals surface area (Å²) >= 11 is 0. The predicted molar refractivity (Wildman–Crippen MR) is 111 cm³/mol. The lowest BCUT2D eigenvalue weighted by molar-refractivity contribution is 0.0402. The van der Waals surface area contributed by atoms with Gasteiger partial charge >= 0.3 is 0 Å². The van der Waals surface area contributed by atoms with Gasteiger partial charge in [-0.05, 0) is 55.7 Å². The summed E-state index contributed by atoms with van der Waals surface area (Å²) in [6, 6.07) is 10.6. The molecule has 156 valence electrons. The summed E-state index contributed by atoms with van der Waals surface area (Å²) in [6.07, 6.45) is -0.608. The summed E-state index contributed by atoms with van der Waals surface area (Å²) < 4.78 is 19.5. The summed E-state index contributed by atoms with van der Waals surface area (Å²) in [6.45, 7) is 8.83. The summed E-state index contributed by atoms with van der Waals surface area (Å²) in [5.41, 5.74) is 3.07. The minimum absolute atomic E-state index is 0.151. The van der Waals surface area contributed by atoms with Crippen LogP contribution in [0.1, 0.15) is 27.0 Å². The normalized spacial score (nSPS) is 16.0. The molecule has 2 aromatic rings. The van der Waals surface area contributed by atoms with Gasteiger partial charge in [0.05, 0.1) is 0 Å². The van der Waals surface area contributed by atoms with Crippen LogP contribution in [0.2, 0.25) is 0 Å². The van der Waals surface area contributed by atoms with E-state index in [4.69, 9.17) is 4.74 Å². The van der Waals surface area contributed by atoms with Crippen molar-refractivity contribution < 1.29 is 19.0 Å². The Labute approximate surface area is 171 Å². The molecule has 1 unspecified atom stereocenters. The second-order valence-corrected chi connectivity index (χ2v) is 7.79. The number of piperazine rings is 1. The van der Waals surface area contributed by atoms with Gasteiger partial charge in [-0.15, -0.1) is 0 Å². The van der Waals surface area contributed by atoms with E-state index in [1.165, 1.54) is 6.07 Å². The number of β-amino-alcohol motifs (C(OH)–C–C–N with tert-alkyl or cyclic N) is 1. The van der Waals surface area contributed by atoms with Crippen molar-refractivity contribution in [3.63, 3.8) is 0 Å². The quantitative estimate of drug-likeness (QED) is 0.810. The van der Waals surface area contributed by atoms with E-state index < -0.39 is 6.10 Å². The van der Waals surface area contributed by atoms with Crippen LogP contribution in [0, 0.1) is 26.6 Å². The Morgan fingerprint density at radius 1 is 1.07 bits per heavy atom. The van der Waals surface area contributed by atoms with Crippen molar-refractivity contribution in [1.29, 1.82) is 0 Å². The third-order valence-electron chi connectivity index (χ3n) is 5.32.